The summed E-state index contributed by atoms with van der Waals surface area (Å²) in [7, 11) is 1.71. The van der Waals surface area contributed by atoms with E-state index in [0.29, 0.717) is 6.04 Å². The predicted octanol–water partition coefficient (Wildman–Crippen LogP) is 4.11. The number of hydrogen-bond acceptors (Lipinski definition) is 2. The highest BCUT2D eigenvalue weighted by atomic mass is 16.5. The number of methoxy groups -OCH3 is 1. The molecule has 0 radical (unpaired) electrons. The number of benzene rings is 1. The number of ether oxygens (including phenoxy) is 1. The van der Waals surface area contributed by atoms with Crippen LogP contribution in [-0.2, 0) is 6.42 Å². The highest BCUT2D eigenvalue weighted by molar-refractivity contribution is 5.27. The zero-order chi connectivity index (χ0) is 14.2. The minimum absolute atomic E-state index is 0.558. The van der Waals surface area contributed by atoms with Crippen molar-refractivity contribution in [3.8, 4) is 5.75 Å². The second kappa shape index (κ2) is 8.11. The number of allylic oxidation sites excluding steroid dienone is 1. The maximum absolute atomic E-state index is 5.21. The quantitative estimate of drug-likeness (QED) is 0.755. The largest absolute Gasteiger partial charge is 0.497 e. The zero-order valence-corrected chi connectivity index (χ0v) is 12.8. The SMILES string of the molecule is CCNC(CCc1ccc(OC)cc1)C1=CCCCC1. The van der Waals surface area contributed by atoms with E-state index in [1.165, 1.54) is 37.7 Å². The van der Waals surface area contributed by atoms with Gasteiger partial charge < -0.3 is 10.1 Å². The van der Waals surface area contributed by atoms with E-state index in [1.807, 2.05) is 0 Å². The summed E-state index contributed by atoms with van der Waals surface area (Å²) in [6.07, 6.45) is 10.0. The first-order chi connectivity index (χ1) is 9.83. The van der Waals surface area contributed by atoms with Gasteiger partial charge in [0.2, 0.25) is 0 Å². The highest BCUT2D eigenvalue weighted by Crippen LogP contribution is 2.23. The summed E-state index contributed by atoms with van der Waals surface area (Å²) in [5.74, 6) is 0.937. The number of rotatable bonds is 7. The van der Waals surface area contributed by atoms with Gasteiger partial charge in [0.05, 0.1) is 7.11 Å². The number of hydrogen-bond donors (Lipinski definition) is 1. The Morgan fingerprint density at radius 1 is 1.20 bits per heavy atom. The molecule has 0 aromatic heterocycles. The van der Waals surface area contributed by atoms with Crippen LogP contribution in [0.25, 0.3) is 0 Å². The van der Waals surface area contributed by atoms with Crippen LogP contribution in [0, 0.1) is 0 Å². The molecule has 2 rings (SSSR count). The molecule has 1 unspecified atom stereocenters. The van der Waals surface area contributed by atoms with Gasteiger partial charge in [-0.1, -0.05) is 30.7 Å². The molecule has 0 spiro atoms. The maximum atomic E-state index is 5.21. The maximum Gasteiger partial charge on any atom is 0.118 e. The van der Waals surface area contributed by atoms with Gasteiger partial charge in [0, 0.05) is 6.04 Å². The van der Waals surface area contributed by atoms with E-state index >= 15 is 0 Å². The molecule has 1 aliphatic carbocycles. The Morgan fingerprint density at radius 3 is 2.60 bits per heavy atom. The molecule has 0 aliphatic heterocycles. The third-order valence-electron chi connectivity index (χ3n) is 4.10. The average molecular weight is 273 g/mol. The van der Waals surface area contributed by atoms with Crippen LogP contribution in [0.15, 0.2) is 35.9 Å². The fourth-order valence-electron chi connectivity index (χ4n) is 2.95. The van der Waals surface area contributed by atoms with Crippen LogP contribution in [-0.4, -0.2) is 19.7 Å². The van der Waals surface area contributed by atoms with Crippen molar-refractivity contribution >= 4 is 0 Å². The van der Waals surface area contributed by atoms with Gasteiger partial charge in [-0.25, -0.2) is 0 Å². The van der Waals surface area contributed by atoms with Gasteiger partial charge in [0.25, 0.3) is 0 Å². The first kappa shape index (κ1) is 15.1. The Hall–Kier alpha value is -1.28. The molecule has 0 saturated heterocycles. The lowest BCUT2D eigenvalue weighted by atomic mass is 9.90. The Kier molecular flexibility index (Phi) is 6.13. The van der Waals surface area contributed by atoms with Crippen molar-refractivity contribution in [3.63, 3.8) is 0 Å². The molecule has 2 heteroatoms. The molecular weight excluding hydrogens is 246 g/mol. The first-order valence-electron chi connectivity index (χ1n) is 7.88. The van der Waals surface area contributed by atoms with E-state index < -0.39 is 0 Å². The second-order valence-electron chi connectivity index (χ2n) is 5.52. The van der Waals surface area contributed by atoms with Gasteiger partial charge in [-0.3, -0.25) is 0 Å². The summed E-state index contributed by atoms with van der Waals surface area (Å²) in [6.45, 7) is 3.24. The lowest BCUT2D eigenvalue weighted by molar-refractivity contribution is 0.414. The molecule has 110 valence electrons. The lowest BCUT2D eigenvalue weighted by Gasteiger charge is -2.24. The summed E-state index contributed by atoms with van der Waals surface area (Å²) < 4.78 is 5.21. The number of nitrogens with one attached hydrogen (secondary N) is 1. The van der Waals surface area contributed by atoms with Crippen molar-refractivity contribution in [3.05, 3.63) is 41.5 Å². The van der Waals surface area contributed by atoms with E-state index in [0.717, 1.165) is 18.7 Å². The summed E-state index contributed by atoms with van der Waals surface area (Å²) in [4.78, 5) is 0. The Bertz CT molecular complexity index is 422. The standard InChI is InChI=1S/C18H27NO/c1-3-19-18(16-7-5-4-6-8-16)14-11-15-9-12-17(20-2)13-10-15/h7,9-10,12-13,18-19H,3-6,8,11,14H2,1-2H3. The normalized spacial score (nSPS) is 16.6. The van der Waals surface area contributed by atoms with Crippen molar-refractivity contribution in [1.82, 2.24) is 5.32 Å². The van der Waals surface area contributed by atoms with Crippen LogP contribution in [0.1, 0.15) is 44.6 Å². The summed E-state index contributed by atoms with van der Waals surface area (Å²) in [5, 5.41) is 3.65. The monoisotopic (exact) mass is 273 g/mol. The van der Waals surface area contributed by atoms with E-state index in [9.17, 15) is 0 Å². The van der Waals surface area contributed by atoms with Crippen LogP contribution in [0.5, 0.6) is 5.75 Å². The van der Waals surface area contributed by atoms with Gasteiger partial charge in [-0.2, -0.15) is 0 Å². The van der Waals surface area contributed by atoms with Crippen molar-refractivity contribution in [2.24, 2.45) is 0 Å². The topological polar surface area (TPSA) is 21.3 Å². The van der Waals surface area contributed by atoms with Gasteiger partial charge >= 0.3 is 0 Å². The van der Waals surface area contributed by atoms with E-state index in [4.69, 9.17) is 4.74 Å². The minimum Gasteiger partial charge on any atom is -0.497 e. The van der Waals surface area contributed by atoms with Crippen LogP contribution < -0.4 is 10.1 Å². The van der Waals surface area contributed by atoms with Crippen LogP contribution in [0.4, 0.5) is 0 Å². The summed E-state index contributed by atoms with van der Waals surface area (Å²) >= 11 is 0. The van der Waals surface area contributed by atoms with Crippen molar-refractivity contribution in [1.29, 1.82) is 0 Å². The van der Waals surface area contributed by atoms with Crippen LogP contribution >= 0.6 is 0 Å². The molecule has 1 aromatic carbocycles. The fraction of sp³-hybridized carbons (Fsp3) is 0.556. The van der Waals surface area contributed by atoms with E-state index in [1.54, 1.807) is 12.7 Å². The molecule has 1 atom stereocenters. The van der Waals surface area contributed by atoms with Crippen molar-refractivity contribution in [2.45, 2.75) is 51.5 Å². The molecule has 2 nitrogen and oxygen atoms in total. The molecule has 1 N–H and O–H groups in total. The fourth-order valence-corrected chi connectivity index (χ4v) is 2.95. The third-order valence-corrected chi connectivity index (χ3v) is 4.10. The molecule has 1 aromatic rings. The van der Waals surface area contributed by atoms with Crippen LogP contribution in [0.2, 0.25) is 0 Å². The number of aryl methyl sites for hydroxylation is 1. The predicted molar refractivity (Wildman–Crippen MR) is 85.3 cm³/mol. The Morgan fingerprint density at radius 2 is 2.00 bits per heavy atom. The van der Waals surface area contributed by atoms with Gasteiger partial charge in [-0.15, -0.1) is 0 Å². The van der Waals surface area contributed by atoms with E-state index in [2.05, 4.69) is 42.6 Å². The number of likely N-dealkylation sites (N-methyl/N-ethyl adjacent to an activating group) is 1. The van der Waals surface area contributed by atoms with Crippen molar-refractivity contribution in [2.75, 3.05) is 13.7 Å². The average Bonchev–Trinajstić information content (AvgIpc) is 2.53. The smallest absolute Gasteiger partial charge is 0.118 e. The van der Waals surface area contributed by atoms with Gasteiger partial charge in [0.1, 0.15) is 5.75 Å². The molecule has 0 heterocycles. The second-order valence-corrected chi connectivity index (χ2v) is 5.52. The summed E-state index contributed by atoms with van der Waals surface area (Å²) in [6, 6.07) is 9.02. The Balaban J connectivity index is 1.92. The molecular formula is C18H27NO. The van der Waals surface area contributed by atoms with Gasteiger partial charge in [-0.05, 0) is 62.8 Å². The minimum atomic E-state index is 0.558. The third kappa shape index (κ3) is 4.38. The van der Waals surface area contributed by atoms with Crippen molar-refractivity contribution < 1.29 is 4.74 Å². The van der Waals surface area contributed by atoms with Gasteiger partial charge in [0.15, 0.2) is 0 Å². The summed E-state index contributed by atoms with van der Waals surface area (Å²) in [5.41, 5.74) is 3.02. The van der Waals surface area contributed by atoms with E-state index in [-0.39, 0.29) is 0 Å². The molecule has 0 fully saturated rings. The lowest BCUT2D eigenvalue weighted by Crippen LogP contribution is -2.32. The molecule has 1 aliphatic rings. The first-order valence-corrected chi connectivity index (χ1v) is 7.88. The van der Waals surface area contributed by atoms with Crippen LogP contribution in [0.3, 0.4) is 0 Å². The Labute approximate surface area is 123 Å². The molecule has 20 heavy (non-hydrogen) atoms. The molecule has 0 amide bonds. The molecule has 0 saturated carbocycles. The molecule has 0 bridgehead atoms. The zero-order valence-electron chi connectivity index (χ0n) is 12.8. The highest BCUT2D eigenvalue weighted by Gasteiger charge is 2.15.